The topological polar surface area (TPSA) is 0 Å². The first-order chi connectivity index (χ1) is 14.4. The van der Waals surface area contributed by atoms with Crippen LogP contribution >= 0.6 is 0 Å². The van der Waals surface area contributed by atoms with Crippen molar-refractivity contribution in [1.29, 1.82) is 0 Å². The SMILES string of the molecule is Cc1c(CC(C)C)c(CC(C)C)c(CC(C)C)c2c(CC(C)C)c(CC(C)C)ccc12. The molecule has 0 nitrogen and oxygen atoms in total. The van der Waals surface area contributed by atoms with Gasteiger partial charge in [0.15, 0.2) is 0 Å². The first-order valence-electron chi connectivity index (χ1n) is 13.0. The molecule has 0 heteroatoms. The molecule has 174 valence electrons. The summed E-state index contributed by atoms with van der Waals surface area (Å²) in [5, 5.41) is 3.16. The van der Waals surface area contributed by atoms with E-state index in [1.165, 1.54) is 37.5 Å². The molecule has 2 aromatic rings. The number of hydrogen-bond acceptors (Lipinski definition) is 0. The summed E-state index contributed by atoms with van der Waals surface area (Å²) >= 11 is 0. The molecule has 0 aromatic heterocycles. The molecule has 0 fully saturated rings. The predicted molar refractivity (Wildman–Crippen MR) is 141 cm³/mol. The molecule has 2 aromatic carbocycles. The second kappa shape index (κ2) is 11.0. The third-order valence-electron chi connectivity index (χ3n) is 6.37. The fourth-order valence-electron chi connectivity index (χ4n) is 5.32. The quantitative estimate of drug-likeness (QED) is 0.358. The first kappa shape index (κ1) is 26.0. The van der Waals surface area contributed by atoms with Crippen molar-refractivity contribution in [3.8, 4) is 0 Å². The van der Waals surface area contributed by atoms with E-state index in [0.717, 1.165) is 0 Å². The molecular formula is C31H50. The van der Waals surface area contributed by atoms with Gasteiger partial charge in [-0.15, -0.1) is 0 Å². The molecule has 0 aliphatic rings. The van der Waals surface area contributed by atoms with Gasteiger partial charge in [-0.2, -0.15) is 0 Å². The number of hydrogen-bond donors (Lipinski definition) is 0. The van der Waals surface area contributed by atoms with E-state index in [4.69, 9.17) is 0 Å². The van der Waals surface area contributed by atoms with Crippen molar-refractivity contribution in [3.05, 3.63) is 45.5 Å². The first-order valence-corrected chi connectivity index (χ1v) is 13.0. The predicted octanol–water partition coefficient (Wildman–Crippen LogP) is 9.14. The van der Waals surface area contributed by atoms with Crippen LogP contribution in [-0.4, -0.2) is 0 Å². The van der Waals surface area contributed by atoms with Crippen LogP contribution in [0.2, 0.25) is 0 Å². The van der Waals surface area contributed by atoms with Crippen molar-refractivity contribution in [2.75, 3.05) is 0 Å². The zero-order valence-electron chi connectivity index (χ0n) is 22.6. The molecule has 0 saturated heterocycles. The Morgan fingerprint density at radius 1 is 0.484 bits per heavy atom. The Hall–Kier alpha value is -1.30. The Bertz CT molecular complexity index is 862. The average molecular weight is 423 g/mol. The summed E-state index contributed by atoms with van der Waals surface area (Å²) in [6, 6.07) is 4.94. The van der Waals surface area contributed by atoms with Crippen molar-refractivity contribution >= 4 is 10.8 Å². The third-order valence-corrected chi connectivity index (χ3v) is 6.37. The molecule has 0 heterocycles. The van der Waals surface area contributed by atoms with Crippen molar-refractivity contribution in [1.82, 2.24) is 0 Å². The molecule has 0 unspecified atom stereocenters. The van der Waals surface area contributed by atoms with E-state index in [0.29, 0.717) is 29.6 Å². The molecule has 0 radical (unpaired) electrons. The van der Waals surface area contributed by atoms with Gasteiger partial charge in [-0.25, -0.2) is 0 Å². The molecule has 0 saturated carbocycles. The van der Waals surface area contributed by atoms with Gasteiger partial charge < -0.3 is 0 Å². The van der Waals surface area contributed by atoms with E-state index in [1.54, 1.807) is 38.8 Å². The molecular weight excluding hydrogens is 372 g/mol. The van der Waals surface area contributed by atoms with Gasteiger partial charge in [0.1, 0.15) is 0 Å². The molecule has 0 aliphatic carbocycles. The smallest absolute Gasteiger partial charge is 0.0111 e. The van der Waals surface area contributed by atoms with Crippen LogP contribution in [0.5, 0.6) is 0 Å². The van der Waals surface area contributed by atoms with Gasteiger partial charge in [-0.1, -0.05) is 81.4 Å². The third kappa shape index (κ3) is 6.59. The Morgan fingerprint density at radius 3 is 1.39 bits per heavy atom. The van der Waals surface area contributed by atoms with Crippen LogP contribution < -0.4 is 0 Å². The van der Waals surface area contributed by atoms with Gasteiger partial charge in [0.05, 0.1) is 0 Å². The van der Waals surface area contributed by atoms with E-state index in [9.17, 15) is 0 Å². The fourth-order valence-corrected chi connectivity index (χ4v) is 5.32. The largest absolute Gasteiger partial charge is 0.0625 e. The van der Waals surface area contributed by atoms with E-state index < -0.39 is 0 Å². The Kier molecular flexibility index (Phi) is 9.23. The lowest BCUT2D eigenvalue weighted by Gasteiger charge is -2.27. The van der Waals surface area contributed by atoms with Gasteiger partial charge in [-0.3, -0.25) is 0 Å². The molecule has 31 heavy (non-hydrogen) atoms. The van der Waals surface area contributed by atoms with Gasteiger partial charge in [0, 0.05) is 0 Å². The maximum Gasteiger partial charge on any atom is -0.0111 e. The molecule has 0 bridgehead atoms. The maximum absolute atomic E-state index is 2.47. The summed E-state index contributed by atoms with van der Waals surface area (Å²) in [7, 11) is 0. The summed E-state index contributed by atoms with van der Waals surface area (Å²) in [6.07, 6.45) is 5.97. The minimum atomic E-state index is 0.671. The van der Waals surface area contributed by atoms with Crippen LogP contribution in [0.4, 0.5) is 0 Å². The van der Waals surface area contributed by atoms with Crippen LogP contribution in [-0.2, 0) is 32.1 Å². The number of rotatable bonds is 10. The molecule has 0 N–H and O–H groups in total. The molecule has 0 amide bonds. The van der Waals surface area contributed by atoms with Gasteiger partial charge in [0.25, 0.3) is 0 Å². The van der Waals surface area contributed by atoms with Gasteiger partial charge in [0.2, 0.25) is 0 Å². The van der Waals surface area contributed by atoms with Gasteiger partial charge in [-0.05, 0) is 113 Å². The lowest BCUT2D eigenvalue weighted by atomic mass is 9.77. The van der Waals surface area contributed by atoms with Crippen LogP contribution in [0.3, 0.4) is 0 Å². The highest BCUT2D eigenvalue weighted by Crippen LogP contribution is 2.39. The second-order valence-electron chi connectivity index (χ2n) is 12.2. The zero-order chi connectivity index (χ0) is 23.5. The Balaban J connectivity index is 3.02. The maximum atomic E-state index is 2.47. The number of benzene rings is 2. The van der Waals surface area contributed by atoms with Crippen molar-refractivity contribution in [2.45, 2.75) is 108 Å². The Morgan fingerprint density at radius 2 is 0.903 bits per heavy atom. The van der Waals surface area contributed by atoms with E-state index >= 15 is 0 Å². The molecule has 0 aliphatic heterocycles. The highest BCUT2D eigenvalue weighted by Gasteiger charge is 2.23. The molecule has 0 atom stereocenters. The van der Waals surface area contributed by atoms with E-state index in [-0.39, 0.29) is 0 Å². The van der Waals surface area contributed by atoms with E-state index in [1.807, 2.05) is 0 Å². The zero-order valence-corrected chi connectivity index (χ0v) is 22.6. The summed E-state index contributed by atoms with van der Waals surface area (Å²) < 4.78 is 0. The lowest BCUT2D eigenvalue weighted by Crippen LogP contribution is -2.14. The molecule has 2 rings (SSSR count). The summed E-state index contributed by atoms with van der Waals surface area (Å²) in [5.74, 6) is 3.40. The highest BCUT2D eigenvalue weighted by atomic mass is 14.3. The summed E-state index contributed by atoms with van der Waals surface area (Å²) in [5.41, 5.74) is 9.82. The van der Waals surface area contributed by atoms with Crippen molar-refractivity contribution < 1.29 is 0 Å². The van der Waals surface area contributed by atoms with Crippen LogP contribution in [0.25, 0.3) is 10.8 Å². The van der Waals surface area contributed by atoms with Crippen molar-refractivity contribution in [2.24, 2.45) is 29.6 Å². The van der Waals surface area contributed by atoms with Crippen molar-refractivity contribution in [3.63, 3.8) is 0 Å². The molecule has 0 spiro atoms. The lowest BCUT2D eigenvalue weighted by molar-refractivity contribution is 0.596. The summed E-state index contributed by atoms with van der Waals surface area (Å²) in [6.45, 7) is 26.2. The standard InChI is InChI=1S/C31H50/c1-19(2)14-25-12-13-26-24(11)27(15-20(3)4)29(17-22(7)8)30(18-23(9)10)31(26)28(25)16-21(5)6/h12-13,19-23H,14-18H2,1-11H3. The van der Waals surface area contributed by atoms with Crippen LogP contribution in [0, 0.1) is 36.5 Å². The minimum Gasteiger partial charge on any atom is -0.0625 e. The summed E-state index contributed by atoms with van der Waals surface area (Å²) in [4.78, 5) is 0. The number of fused-ring (bicyclic) bond motifs is 1. The number of aryl methyl sites for hydroxylation is 1. The minimum absolute atomic E-state index is 0.671. The van der Waals surface area contributed by atoms with Crippen LogP contribution in [0.15, 0.2) is 12.1 Å². The monoisotopic (exact) mass is 422 g/mol. The normalized spacial score (nSPS) is 12.5. The average Bonchev–Trinajstić information content (AvgIpc) is 2.61. The highest BCUT2D eigenvalue weighted by molar-refractivity contribution is 5.94. The fraction of sp³-hybridized carbons (Fsp3) is 0.677. The van der Waals surface area contributed by atoms with Crippen LogP contribution in [0.1, 0.15) is 103 Å². The second-order valence-corrected chi connectivity index (χ2v) is 12.2. The Labute approximate surface area is 194 Å². The van der Waals surface area contributed by atoms with Gasteiger partial charge >= 0.3 is 0 Å². The van der Waals surface area contributed by atoms with E-state index in [2.05, 4.69) is 88.3 Å².